The number of guanidine groups is 1. The molecule has 1 atom stereocenters. The van der Waals surface area contributed by atoms with E-state index in [9.17, 15) is 0 Å². The van der Waals surface area contributed by atoms with Gasteiger partial charge in [-0.15, -0.1) is 24.0 Å². The minimum absolute atomic E-state index is 0. The van der Waals surface area contributed by atoms with Crippen molar-refractivity contribution in [3.8, 4) is 5.75 Å². The van der Waals surface area contributed by atoms with Crippen molar-refractivity contribution in [1.82, 2.24) is 10.6 Å². The third-order valence-corrected chi connectivity index (χ3v) is 4.22. The van der Waals surface area contributed by atoms with Gasteiger partial charge in [-0.25, -0.2) is 0 Å². The molecule has 6 nitrogen and oxygen atoms in total. The number of rotatable bonds is 10. The molecule has 1 aliphatic rings. The Morgan fingerprint density at radius 3 is 2.65 bits per heavy atom. The van der Waals surface area contributed by atoms with Gasteiger partial charge in [0.1, 0.15) is 5.75 Å². The lowest BCUT2D eigenvalue weighted by molar-refractivity contribution is 0.0888. The molecular formula is C19H32IN3O3. The van der Waals surface area contributed by atoms with E-state index in [4.69, 9.17) is 14.2 Å². The van der Waals surface area contributed by atoms with Crippen LogP contribution in [0, 0.1) is 5.92 Å². The third kappa shape index (κ3) is 9.05. The normalized spacial score (nSPS) is 16.8. The Hall–Kier alpha value is -1.06. The molecule has 7 heteroatoms. The average molecular weight is 477 g/mol. The number of hydrogen-bond acceptors (Lipinski definition) is 4. The van der Waals surface area contributed by atoms with Crippen LogP contribution in [0.2, 0.25) is 0 Å². The van der Waals surface area contributed by atoms with Gasteiger partial charge in [0, 0.05) is 39.3 Å². The van der Waals surface area contributed by atoms with Gasteiger partial charge in [-0.1, -0.05) is 12.1 Å². The third-order valence-electron chi connectivity index (χ3n) is 4.22. The predicted octanol–water partition coefficient (Wildman–Crippen LogP) is 2.46. The Labute approximate surface area is 174 Å². The van der Waals surface area contributed by atoms with Crippen LogP contribution in [0.1, 0.15) is 18.4 Å². The summed E-state index contributed by atoms with van der Waals surface area (Å²) in [6.45, 7) is 5.01. The Balaban J connectivity index is 0.00000338. The zero-order valence-electron chi connectivity index (χ0n) is 15.8. The van der Waals surface area contributed by atoms with Crippen molar-refractivity contribution in [3.63, 3.8) is 0 Å². The lowest BCUT2D eigenvalue weighted by Crippen LogP contribution is -2.39. The van der Waals surface area contributed by atoms with Gasteiger partial charge in [-0.05, 0) is 37.0 Å². The van der Waals surface area contributed by atoms with Crippen LogP contribution in [0.25, 0.3) is 0 Å². The Morgan fingerprint density at radius 1 is 1.23 bits per heavy atom. The molecule has 0 aromatic heterocycles. The van der Waals surface area contributed by atoms with Crippen LogP contribution < -0.4 is 15.4 Å². The molecule has 1 aliphatic heterocycles. The van der Waals surface area contributed by atoms with E-state index in [2.05, 4.69) is 27.8 Å². The van der Waals surface area contributed by atoms with Gasteiger partial charge in [-0.3, -0.25) is 4.99 Å². The minimum atomic E-state index is 0. The van der Waals surface area contributed by atoms with E-state index in [0.717, 1.165) is 70.5 Å². The molecule has 2 N–H and O–H groups in total. The summed E-state index contributed by atoms with van der Waals surface area (Å²) in [6.07, 6.45) is 3.03. The summed E-state index contributed by atoms with van der Waals surface area (Å²) in [7, 11) is 3.47. The SMILES string of the molecule is CN=C(NCCCOCC1CCOC1)NCCc1ccc(OC)cc1.I. The average Bonchev–Trinajstić information content (AvgIpc) is 3.17. The molecule has 0 aliphatic carbocycles. The first-order chi connectivity index (χ1) is 12.3. The lowest BCUT2D eigenvalue weighted by Gasteiger charge is -2.13. The summed E-state index contributed by atoms with van der Waals surface area (Å²) >= 11 is 0. The van der Waals surface area contributed by atoms with Crippen molar-refractivity contribution in [2.24, 2.45) is 10.9 Å². The van der Waals surface area contributed by atoms with E-state index in [1.165, 1.54) is 5.56 Å². The smallest absolute Gasteiger partial charge is 0.190 e. The Kier molecular flexibility index (Phi) is 12.4. The van der Waals surface area contributed by atoms with Gasteiger partial charge >= 0.3 is 0 Å². The number of methoxy groups -OCH3 is 1. The Bertz CT molecular complexity index is 505. The number of halogens is 1. The van der Waals surface area contributed by atoms with Crippen LogP contribution in [-0.2, 0) is 15.9 Å². The molecule has 1 aromatic rings. The van der Waals surface area contributed by atoms with Gasteiger partial charge in [0.25, 0.3) is 0 Å². The summed E-state index contributed by atoms with van der Waals surface area (Å²) in [5.41, 5.74) is 1.27. The number of aliphatic imine (C=N–C) groups is 1. The topological polar surface area (TPSA) is 64.1 Å². The van der Waals surface area contributed by atoms with Crippen molar-refractivity contribution in [2.45, 2.75) is 19.3 Å². The highest BCUT2D eigenvalue weighted by Gasteiger charge is 2.15. The second-order valence-corrected chi connectivity index (χ2v) is 6.18. The van der Waals surface area contributed by atoms with Crippen LogP contribution in [0.15, 0.2) is 29.3 Å². The van der Waals surface area contributed by atoms with E-state index < -0.39 is 0 Å². The number of benzene rings is 1. The first-order valence-electron chi connectivity index (χ1n) is 9.04. The molecule has 1 heterocycles. The lowest BCUT2D eigenvalue weighted by atomic mass is 10.1. The molecule has 26 heavy (non-hydrogen) atoms. The van der Waals surface area contributed by atoms with Gasteiger partial charge in [-0.2, -0.15) is 0 Å². The summed E-state index contributed by atoms with van der Waals surface area (Å²) < 4.78 is 16.2. The second-order valence-electron chi connectivity index (χ2n) is 6.18. The minimum Gasteiger partial charge on any atom is -0.497 e. The van der Waals surface area contributed by atoms with Crippen LogP contribution in [-0.4, -0.2) is 59.6 Å². The summed E-state index contributed by atoms with van der Waals surface area (Å²) in [4.78, 5) is 4.24. The molecule has 1 unspecified atom stereocenters. The van der Waals surface area contributed by atoms with E-state index in [1.807, 2.05) is 12.1 Å². The van der Waals surface area contributed by atoms with E-state index >= 15 is 0 Å². The van der Waals surface area contributed by atoms with Crippen LogP contribution >= 0.6 is 24.0 Å². The summed E-state index contributed by atoms with van der Waals surface area (Å²) in [5.74, 6) is 2.30. The fraction of sp³-hybridized carbons (Fsp3) is 0.632. The molecule has 1 saturated heterocycles. The summed E-state index contributed by atoms with van der Waals surface area (Å²) in [5, 5.41) is 6.65. The monoisotopic (exact) mass is 477 g/mol. The van der Waals surface area contributed by atoms with Gasteiger partial charge in [0.2, 0.25) is 0 Å². The highest BCUT2D eigenvalue weighted by Crippen LogP contribution is 2.12. The van der Waals surface area contributed by atoms with Crippen molar-refractivity contribution in [2.75, 3.05) is 53.7 Å². The van der Waals surface area contributed by atoms with Gasteiger partial charge < -0.3 is 24.8 Å². The van der Waals surface area contributed by atoms with Crippen LogP contribution in [0.3, 0.4) is 0 Å². The quantitative estimate of drug-likeness (QED) is 0.235. The van der Waals surface area contributed by atoms with Crippen LogP contribution in [0.4, 0.5) is 0 Å². The maximum atomic E-state index is 5.70. The largest absolute Gasteiger partial charge is 0.497 e. The summed E-state index contributed by atoms with van der Waals surface area (Å²) in [6, 6.07) is 8.15. The van der Waals surface area contributed by atoms with E-state index in [1.54, 1.807) is 14.2 Å². The maximum Gasteiger partial charge on any atom is 0.190 e. The number of nitrogens with one attached hydrogen (secondary N) is 2. The van der Waals surface area contributed by atoms with Crippen molar-refractivity contribution < 1.29 is 14.2 Å². The van der Waals surface area contributed by atoms with Gasteiger partial charge in [0.05, 0.1) is 20.3 Å². The first-order valence-corrected chi connectivity index (χ1v) is 9.04. The zero-order chi connectivity index (χ0) is 17.7. The molecule has 1 fully saturated rings. The fourth-order valence-corrected chi connectivity index (χ4v) is 2.68. The standard InChI is InChI=1S/C19H31N3O3.HI/c1-20-19(21-10-3-12-24-14-17-9-13-25-15-17)22-11-8-16-4-6-18(23-2)7-5-16;/h4-7,17H,3,8-15H2,1-2H3,(H2,20,21,22);1H. The molecule has 0 saturated carbocycles. The Morgan fingerprint density at radius 2 is 2.00 bits per heavy atom. The highest BCUT2D eigenvalue weighted by atomic mass is 127. The molecule has 0 spiro atoms. The van der Waals surface area contributed by atoms with Crippen molar-refractivity contribution in [3.05, 3.63) is 29.8 Å². The molecule has 148 valence electrons. The molecule has 2 rings (SSSR count). The fourth-order valence-electron chi connectivity index (χ4n) is 2.68. The number of ether oxygens (including phenoxy) is 3. The van der Waals surface area contributed by atoms with E-state index in [-0.39, 0.29) is 24.0 Å². The zero-order valence-corrected chi connectivity index (χ0v) is 18.2. The molecule has 0 amide bonds. The molecule has 0 bridgehead atoms. The predicted molar refractivity (Wildman–Crippen MR) is 116 cm³/mol. The second kappa shape index (κ2) is 14.1. The molecular weight excluding hydrogens is 445 g/mol. The first kappa shape index (κ1) is 23.0. The highest BCUT2D eigenvalue weighted by molar-refractivity contribution is 14.0. The maximum absolute atomic E-state index is 5.70. The van der Waals surface area contributed by atoms with Crippen molar-refractivity contribution >= 4 is 29.9 Å². The van der Waals surface area contributed by atoms with Gasteiger partial charge in [0.15, 0.2) is 5.96 Å². The molecule has 0 radical (unpaired) electrons. The number of hydrogen-bond donors (Lipinski definition) is 2. The van der Waals surface area contributed by atoms with Crippen molar-refractivity contribution in [1.29, 1.82) is 0 Å². The molecule has 1 aromatic carbocycles. The van der Waals surface area contributed by atoms with E-state index in [0.29, 0.717) is 5.92 Å². The number of nitrogens with zero attached hydrogens (tertiary/aromatic N) is 1. The van der Waals surface area contributed by atoms with Crippen LogP contribution in [0.5, 0.6) is 5.75 Å².